The Hall–Kier alpha value is -1.33. The van der Waals surface area contributed by atoms with Crippen LogP contribution >= 0.6 is 0 Å². The summed E-state index contributed by atoms with van der Waals surface area (Å²) in [6.07, 6.45) is 7.06. The third-order valence-electron chi connectivity index (χ3n) is 3.75. The molecule has 2 saturated heterocycles. The summed E-state index contributed by atoms with van der Waals surface area (Å²) in [6, 6.07) is 0. The number of ketones is 1. The lowest BCUT2D eigenvalue weighted by Crippen LogP contribution is -2.42. The standard InChI is InChI=1S/C13H16N2O3/c16-12(11-8-14-3-4-15-11)10-1-5-18-13(7-10)2-6-17-9-13/h3-4,8,10H,1-2,5-7,9H2. The number of aromatic nitrogens is 2. The van der Waals surface area contributed by atoms with Gasteiger partial charge in [0.2, 0.25) is 0 Å². The minimum absolute atomic E-state index is 0.0165. The van der Waals surface area contributed by atoms with Crippen LogP contribution in [0.3, 0.4) is 0 Å². The van der Waals surface area contributed by atoms with Crippen molar-refractivity contribution in [3.05, 3.63) is 24.3 Å². The van der Waals surface area contributed by atoms with Crippen molar-refractivity contribution in [1.29, 1.82) is 0 Å². The average molecular weight is 248 g/mol. The number of hydrogen-bond acceptors (Lipinski definition) is 5. The van der Waals surface area contributed by atoms with E-state index in [2.05, 4.69) is 9.97 Å². The first-order valence-electron chi connectivity index (χ1n) is 6.31. The highest BCUT2D eigenvalue weighted by atomic mass is 16.6. The topological polar surface area (TPSA) is 61.3 Å². The molecule has 3 heterocycles. The predicted molar refractivity (Wildman–Crippen MR) is 63.2 cm³/mol. The van der Waals surface area contributed by atoms with Crippen LogP contribution in [0.1, 0.15) is 29.8 Å². The molecule has 0 aliphatic carbocycles. The number of carbonyl (C=O) groups is 1. The van der Waals surface area contributed by atoms with Crippen molar-refractivity contribution < 1.29 is 14.3 Å². The third kappa shape index (κ3) is 2.15. The molecule has 5 heteroatoms. The van der Waals surface area contributed by atoms with Gasteiger partial charge in [-0.15, -0.1) is 0 Å². The van der Waals surface area contributed by atoms with Gasteiger partial charge in [0, 0.05) is 37.9 Å². The van der Waals surface area contributed by atoms with Crippen LogP contribution in [0.15, 0.2) is 18.6 Å². The lowest BCUT2D eigenvalue weighted by atomic mass is 9.82. The van der Waals surface area contributed by atoms with Gasteiger partial charge in [0.1, 0.15) is 5.69 Å². The smallest absolute Gasteiger partial charge is 0.186 e. The molecule has 0 bridgehead atoms. The normalized spacial score (nSPS) is 31.7. The Morgan fingerprint density at radius 1 is 1.39 bits per heavy atom. The van der Waals surface area contributed by atoms with E-state index in [1.54, 1.807) is 12.4 Å². The number of rotatable bonds is 2. The van der Waals surface area contributed by atoms with Crippen LogP contribution in [-0.2, 0) is 9.47 Å². The highest BCUT2D eigenvalue weighted by Gasteiger charge is 2.43. The van der Waals surface area contributed by atoms with Crippen LogP contribution < -0.4 is 0 Å². The zero-order valence-corrected chi connectivity index (χ0v) is 10.2. The molecule has 2 fully saturated rings. The molecule has 2 atom stereocenters. The lowest BCUT2D eigenvalue weighted by Gasteiger charge is -2.36. The molecule has 2 unspecified atom stereocenters. The second-order valence-electron chi connectivity index (χ2n) is 4.98. The molecule has 1 spiro atoms. The van der Waals surface area contributed by atoms with Gasteiger partial charge in [-0.25, -0.2) is 4.98 Å². The molecule has 1 aromatic rings. The Labute approximate surface area is 106 Å². The van der Waals surface area contributed by atoms with Gasteiger partial charge in [0.05, 0.1) is 18.4 Å². The molecular formula is C13H16N2O3. The van der Waals surface area contributed by atoms with Crippen LogP contribution in [0, 0.1) is 5.92 Å². The van der Waals surface area contributed by atoms with Gasteiger partial charge in [-0.3, -0.25) is 9.78 Å². The van der Waals surface area contributed by atoms with Crippen LogP contribution in [0.2, 0.25) is 0 Å². The van der Waals surface area contributed by atoms with Crippen LogP contribution in [0.4, 0.5) is 0 Å². The zero-order valence-electron chi connectivity index (χ0n) is 10.2. The molecule has 0 saturated carbocycles. The molecule has 1 aromatic heterocycles. The monoisotopic (exact) mass is 248 g/mol. The molecule has 5 nitrogen and oxygen atoms in total. The Bertz CT molecular complexity index is 429. The van der Waals surface area contributed by atoms with Crippen molar-refractivity contribution in [1.82, 2.24) is 9.97 Å². The molecule has 96 valence electrons. The van der Waals surface area contributed by atoms with Gasteiger partial charge in [0.15, 0.2) is 5.78 Å². The third-order valence-corrected chi connectivity index (χ3v) is 3.75. The van der Waals surface area contributed by atoms with E-state index in [4.69, 9.17) is 9.47 Å². The van der Waals surface area contributed by atoms with E-state index in [-0.39, 0.29) is 17.3 Å². The Morgan fingerprint density at radius 3 is 3.06 bits per heavy atom. The van der Waals surface area contributed by atoms with Crippen molar-refractivity contribution in [2.75, 3.05) is 19.8 Å². The van der Waals surface area contributed by atoms with Gasteiger partial charge in [-0.05, 0) is 12.8 Å². The van der Waals surface area contributed by atoms with Gasteiger partial charge in [0.25, 0.3) is 0 Å². The van der Waals surface area contributed by atoms with Gasteiger partial charge < -0.3 is 9.47 Å². The van der Waals surface area contributed by atoms with Gasteiger partial charge in [-0.1, -0.05) is 0 Å². The quantitative estimate of drug-likeness (QED) is 0.737. The lowest BCUT2D eigenvalue weighted by molar-refractivity contribution is -0.0921. The van der Waals surface area contributed by atoms with E-state index in [9.17, 15) is 4.79 Å². The van der Waals surface area contributed by atoms with Gasteiger partial charge in [-0.2, -0.15) is 0 Å². The van der Waals surface area contributed by atoms with Crippen LogP contribution in [0.25, 0.3) is 0 Å². The summed E-state index contributed by atoms with van der Waals surface area (Å²) >= 11 is 0. The first-order chi connectivity index (χ1) is 8.79. The fraction of sp³-hybridized carbons (Fsp3) is 0.615. The molecule has 0 radical (unpaired) electrons. The minimum atomic E-state index is -0.235. The van der Waals surface area contributed by atoms with Crippen molar-refractivity contribution in [3.63, 3.8) is 0 Å². The Kier molecular flexibility index (Phi) is 3.09. The first kappa shape index (κ1) is 11.7. The van der Waals surface area contributed by atoms with Crippen molar-refractivity contribution in [3.8, 4) is 0 Å². The summed E-state index contributed by atoms with van der Waals surface area (Å²) in [5, 5.41) is 0. The van der Waals surface area contributed by atoms with Crippen molar-refractivity contribution in [2.45, 2.75) is 24.9 Å². The average Bonchev–Trinajstić information content (AvgIpc) is 2.87. The van der Waals surface area contributed by atoms with Crippen molar-refractivity contribution >= 4 is 5.78 Å². The van der Waals surface area contributed by atoms with E-state index < -0.39 is 0 Å². The fourth-order valence-corrected chi connectivity index (χ4v) is 2.75. The maximum Gasteiger partial charge on any atom is 0.186 e. The molecule has 0 amide bonds. The largest absolute Gasteiger partial charge is 0.378 e. The maximum atomic E-state index is 12.3. The molecule has 2 aliphatic rings. The number of Topliss-reactive ketones (excluding diaryl/α,β-unsaturated/α-hetero) is 1. The van der Waals surface area contributed by atoms with E-state index >= 15 is 0 Å². The SMILES string of the molecule is O=C(c1cnccn1)C1CCOC2(CCOC2)C1. The minimum Gasteiger partial charge on any atom is -0.378 e. The van der Waals surface area contributed by atoms with Crippen LogP contribution in [-0.4, -0.2) is 41.2 Å². The summed E-state index contributed by atoms with van der Waals surface area (Å²) in [5.74, 6) is 0.0647. The molecule has 18 heavy (non-hydrogen) atoms. The second kappa shape index (κ2) is 4.74. The fourth-order valence-electron chi connectivity index (χ4n) is 2.75. The summed E-state index contributed by atoms with van der Waals surface area (Å²) in [7, 11) is 0. The number of hydrogen-bond donors (Lipinski definition) is 0. The molecule has 0 aromatic carbocycles. The van der Waals surface area contributed by atoms with E-state index in [1.807, 2.05) is 0 Å². The number of carbonyl (C=O) groups excluding carboxylic acids is 1. The zero-order chi connectivity index (χ0) is 12.4. The highest BCUT2D eigenvalue weighted by Crippen LogP contribution is 2.36. The Morgan fingerprint density at radius 2 is 2.33 bits per heavy atom. The summed E-state index contributed by atoms with van der Waals surface area (Å²) in [6.45, 7) is 1.96. The molecule has 2 aliphatic heterocycles. The number of nitrogens with zero attached hydrogens (tertiary/aromatic N) is 2. The van der Waals surface area contributed by atoms with E-state index in [1.165, 1.54) is 6.20 Å². The summed E-state index contributed by atoms with van der Waals surface area (Å²) in [4.78, 5) is 20.4. The maximum absolute atomic E-state index is 12.3. The first-order valence-corrected chi connectivity index (χ1v) is 6.31. The second-order valence-corrected chi connectivity index (χ2v) is 4.98. The predicted octanol–water partition coefficient (Wildman–Crippen LogP) is 1.24. The summed E-state index contributed by atoms with van der Waals surface area (Å²) < 4.78 is 11.2. The van der Waals surface area contributed by atoms with Crippen LogP contribution in [0.5, 0.6) is 0 Å². The highest BCUT2D eigenvalue weighted by molar-refractivity contribution is 5.95. The van der Waals surface area contributed by atoms with E-state index in [0.29, 0.717) is 18.9 Å². The molecular weight excluding hydrogens is 232 g/mol. The number of ether oxygens (including phenoxy) is 2. The summed E-state index contributed by atoms with van der Waals surface area (Å²) in [5.41, 5.74) is 0.222. The van der Waals surface area contributed by atoms with Crippen molar-refractivity contribution in [2.24, 2.45) is 5.92 Å². The Balaban J connectivity index is 1.74. The molecule has 3 rings (SSSR count). The van der Waals surface area contributed by atoms with E-state index in [0.717, 1.165) is 25.9 Å². The molecule has 0 N–H and O–H groups in total. The van der Waals surface area contributed by atoms with Gasteiger partial charge >= 0.3 is 0 Å².